The molecule has 1 nitrogen and oxygen atoms in total. The molecular formula is C30H29ClN+. The van der Waals surface area contributed by atoms with Crippen LogP contribution in [0.1, 0.15) is 29.2 Å². The van der Waals surface area contributed by atoms with Crippen LogP contribution in [0.3, 0.4) is 0 Å². The maximum atomic E-state index is 6.00. The minimum Gasteiger partial charge on any atom is -0.200 e. The Labute approximate surface area is 196 Å². The molecule has 32 heavy (non-hydrogen) atoms. The smallest absolute Gasteiger partial charge is 0.153 e. The minimum atomic E-state index is 0.523. The summed E-state index contributed by atoms with van der Waals surface area (Å²) in [6.45, 7) is 4.45. The molecule has 0 radical (unpaired) electrons. The number of rotatable bonds is 7. The summed E-state index contributed by atoms with van der Waals surface area (Å²) in [5.41, 5.74) is 8.62. The zero-order valence-electron chi connectivity index (χ0n) is 18.7. The SMILES string of the molecule is CCc1cccc(C)c1[N+](C=Cc1ccc(CCl)cc1)(c1ccccc1)c1ccccc1. The molecule has 0 aromatic heterocycles. The monoisotopic (exact) mass is 438 g/mol. The number of aryl methyl sites for hydroxylation is 2. The van der Waals surface area contributed by atoms with E-state index in [0.717, 1.165) is 17.5 Å². The Morgan fingerprint density at radius 2 is 1.31 bits per heavy atom. The quantitative estimate of drug-likeness (QED) is 0.199. The minimum absolute atomic E-state index is 0.523. The Morgan fingerprint density at radius 1 is 0.719 bits per heavy atom. The molecule has 0 saturated heterocycles. The standard InChI is InChI=1S/C30H29ClN/c1-3-27-12-10-11-24(2)30(27)32(28-13-6-4-7-14-28,29-15-8-5-9-16-29)22-21-25-17-19-26(23-31)20-18-25/h4-22H,3,23H2,1-2H3/q+1. The van der Waals surface area contributed by atoms with Gasteiger partial charge in [-0.2, -0.15) is 4.48 Å². The third kappa shape index (κ3) is 4.27. The summed E-state index contributed by atoms with van der Waals surface area (Å²) in [6, 6.07) is 36.6. The molecule has 0 heterocycles. The van der Waals surface area contributed by atoms with E-state index in [1.807, 2.05) is 0 Å². The van der Waals surface area contributed by atoms with Crippen LogP contribution in [0.4, 0.5) is 17.1 Å². The molecule has 0 aliphatic heterocycles. The Morgan fingerprint density at radius 3 is 1.84 bits per heavy atom. The molecule has 0 aliphatic rings. The number of hydrogen-bond donors (Lipinski definition) is 0. The molecule has 160 valence electrons. The Kier molecular flexibility index (Phi) is 6.90. The highest BCUT2D eigenvalue weighted by Gasteiger charge is 2.37. The van der Waals surface area contributed by atoms with Crippen LogP contribution in [0.2, 0.25) is 0 Å². The van der Waals surface area contributed by atoms with Gasteiger partial charge in [-0.1, -0.05) is 85.8 Å². The molecule has 0 fully saturated rings. The zero-order valence-corrected chi connectivity index (χ0v) is 19.5. The lowest BCUT2D eigenvalue weighted by Gasteiger charge is -2.36. The van der Waals surface area contributed by atoms with Crippen LogP contribution in [0.15, 0.2) is 109 Å². The molecule has 0 spiro atoms. The number of hydrogen-bond acceptors (Lipinski definition) is 0. The average Bonchev–Trinajstić information content (AvgIpc) is 2.86. The molecule has 2 heteroatoms. The Balaban J connectivity index is 2.03. The molecule has 0 unspecified atom stereocenters. The van der Waals surface area contributed by atoms with Gasteiger partial charge in [0.25, 0.3) is 0 Å². The van der Waals surface area contributed by atoms with E-state index in [-0.39, 0.29) is 0 Å². The first-order valence-electron chi connectivity index (χ1n) is 11.1. The van der Waals surface area contributed by atoms with Crippen molar-refractivity contribution in [3.8, 4) is 0 Å². The highest BCUT2D eigenvalue weighted by atomic mass is 35.5. The normalized spacial score (nSPS) is 11.7. The van der Waals surface area contributed by atoms with E-state index in [0.29, 0.717) is 10.4 Å². The van der Waals surface area contributed by atoms with E-state index >= 15 is 0 Å². The van der Waals surface area contributed by atoms with Crippen LogP contribution in [0, 0.1) is 6.92 Å². The van der Waals surface area contributed by atoms with Crippen LogP contribution in [0.5, 0.6) is 0 Å². The van der Waals surface area contributed by atoms with Crippen molar-refractivity contribution in [3.05, 3.63) is 132 Å². The molecule has 0 bridgehead atoms. The van der Waals surface area contributed by atoms with Gasteiger partial charge in [0.15, 0.2) is 5.69 Å². The Hall–Kier alpha value is -3.13. The first-order valence-corrected chi connectivity index (χ1v) is 11.7. The fourth-order valence-corrected chi connectivity index (χ4v) is 4.58. The fraction of sp³-hybridized carbons (Fsp3) is 0.133. The van der Waals surface area contributed by atoms with Crippen LogP contribution < -0.4 is 4.48 Å². The molecule has 4 aromatic rings. The van der Waals surface area contributed by atoms with Crippen LogP contribution in [-0.4, -0.2) is 0 Å². The molecule has 0 N–H and O–H groups in total. The first kappa shape index (κ1) is 22.1. The van der Waals surface area contributed by atoms with Crippen LogP contribution >= 0.6 is 11.6 Å². The topological polar surface area (TPSA) is 0 Å². The zero-order chi connectivity index (χ0) is 22.4. The van der Waals surface area contributed by atoms with Crippen molar-refractivity contribution in [2.24, 2.45) is 0 Å². The van der Waals surface area contributed by atoms with Crippen molar-refractivity contribution >= 4 is 34.7 Å². The summed E-state index contributed by atoms with van der Waals surface area (Å²) in [6.07, 6.45) is 5.51. The van der Waals surface area contributed by atoms with Gasteiger partial charge in [0.2, 0.25) is 0 Å². The largest absolute Gasteiger partial charge is 0.200 e. The van der Waals surface area contributed by atoms with Gasteiger partial charge < -0.3 is 0 Å². The Bertz CT molecular complexity index is 1140. The van der Waals surface area contributed by atoms with Gasteiger partial charge in [-0.05, 0) is 30.5 Å². The van der Waals surface area contributed by atoms with E-state index in [4.69, 9.17) is 11.6 Å². The highest BCUT2D eigenvalue weighted by molar-refractivity contribution is 6.17. The molecule has 0 aliphatic carbocycles. The molecular weight excluding hydrogens is 410 g/mol. The summed E-state index contributed by atoms with van der Waals surface area (Å²) < 4.78 is 0.523. The van der Waals surface area contributed by atoms with Gasteiger partial charge >= 0.3 is 0 Å². The number of halogens is 1. The summed E-state index contributed by atoms with van der Waals surface area (Å²) in [5, 5.41) is 0. The van der Waals surface area contributed by atoms with Gasteiger partial charge in [-0.15, -0.1) is 11.6 Å². The lowest BCUT2D eigenvalue weighted by atomic mass is 9.99. The second-order valence-corrected chi connectivity index (χ2v) is 8.29. The van der Waals surface area contributed by atoms with Crippen molar-refractivity contribution < 1.29 is 0 Å². The highest BCUT2D eigenvalue weighted by Crippen LogP contribution is 2.48. The van der Waals surface area contributed by atoms with E-state index < -0.39 is 0 Å². The molecule has 4 rings (SSSR count). The van der Waals surface area contributed by atoms with Gasteiger partial charge in [-0.3, -0.25) is 0 Å². The van der Waals surface area contributed by atoms with E-state index in [1.165, 1.54) is 28.2 Å². The summed E-state index contributed by atoms with van der Waals surface area (Å²) in [4.78, 5) is 0. The van der Waals surface area contributed by atoms with E-state index in [1.54, 1.807) is 0 Å². The van der Waals surface area contributed by atoms with Gasteiger partial charge in [0.05, 0.1) is 0 Å². The first-order chi connectivity index (χ1) is 15.7. The van der Waals surface area contributed by atoms with Gasteiger partial charge in [-0.25, -0.2) is 0 Å². The van der Waals surface area contributed by atoms with Crippen LogP contribution in [-0.2, 0) is 12.3 Å². The second kappa shape index (κ2) is 9.99. The summed E-state index contributed by atoms with van der Waals surface area (Å²) >= 11 is 6.00. The molecule has 0 saturated carbocycles. The summed E-state index contributed by atoms with van der Waals surface area (Å²) in [5.74, 6) is 0.529. The second-order valence-electron chi connectivity index (χ2n) is 8.02. The van der Waals surface area contributed by atoms with Crippen LogP contribution in [0.25, 0.3) is 6.08 Å². The predicted octanol–water partition coefficient (Wildman–Crippen LogP) is 8.94. The molecule has 4 aromatic carbocycles. The van der Waals surface area contributed by atoms with Gasteiger partial charge in [0.1, 0.15) is 17.6 Å². The number of nitrogens with zero attached hydrogens (tertiary/aromatic N) is 1. The van der Waals surface area contributed by atoms with Crippen molar-refractivity contribution in [2.75, 3.05) is 0 Å². The van der Waals surface area contributed by atoms with Crippen molar-refractivity contribution in [1.82, 2.24) is 4.48 Å². The number of para-hydroxylation sites is 3. The lowest BCUT2D eigenvalue weighted by Crippen LogP contribution is -2.34. The fourth-order valence-electron chi connectivity index (χ4n) is 4.41. The third-order valence-corrected chi connectivity index (χ3v) is 6.32. The molecule has 0 atom stereocenters. The average molecular weight is 439 g/mol. The van der Waals surface area contributed by atoms with Gasteiger partial charge in [0, 0.05) is 41.3 Å². The molecule has 0 amide bonds. The third-order valence-electron chi connectivity index (χ3n) is 6.01. The van der Waals surface area contributed by atoms with Crippen molar-refractivity contribution in [2.45, 2.75) is 26.1 Å². The predicted molar refractivity (Wildman–Crippen MR) is 140 cm³/mol. The maximum absolute atomic E-state index is 6.00. The van der Waals surface area contributed by atoms with E-state index in [2.05, 4.69) is 129 Å². The lowest BCUT2D eigenvalue weighted by molar-refractivity contribution is 0.679. The van der Waals surface area contributed by atoms with Crippen molar-refractivity contribution in [3.63, 3.8) is 0 Å². The maximum Gasteiger partial charge on any atom is 0.153 e. The number of alkyl halides is 1. The van der Waals surface area contributed by atoms with Crippen molar-refractivity contribution in [1.29, 1.82) is 0 Å². The summed E-state index contributed by atoms with van der Waals surface area (Å²) in [7, 11) is 0. The van der Waals surface area contributed by atoms with E-state index in [9.17, 15) is 0 Å². The number of benzene rings is 4. The number of quaternary nitrogens is 1.